The van der Waals surface area contributed by atoms with Gasteiger partial charge in [0.05, 0.1) is 0 Å². The first kappa shape index (κ1) is 20.9. The summed E-state index contributed by atoms with van der Waals surface area (Å²) in [5, 5.41) is 8.54. The van der Waals surface area contributed by atoms with E-state index in [0.717, 1.165) is 56.8 Å². The summed E-state index contributed by atoms with van der Waals surface area (Å²) in [5.41, 5.74) is 0.944. The van der Waals surface area contributed by atoms with Gasteiger partial charge in [-0.25, -0.2) is 0 Å². The molecule has 0 aliphatic heterocycles. The highest BCUT2D eigenvalue weighted by Crippen LogP contribution is 2.13. The second-order valence-electron chi connectivity index (χ2n) is 6.11. The minimum Gasteiger partial charge on any atom is -0.481 e. The molecule has 1 N–H and O–H groups in total. The number of unbranched alkanes of at least 4 members (excludes halogenated alkanes) is 10. The number of carbonyl (C=O) groups is 2. The molecule has 3 nitrogen and oxygen atoms in total. The van der Waals surface area contributed by atoms with Crippen LogP contribution in [0.1, 0.15) is 96.8 Å². The molecule has 0 atom stereocenters. The van der Waals surface area contributed by atoms with Crippen molar-refractivity contribution in [3.63, 3.8) is 0 Å². The highest BCUT2D eigenvalue weighted by molar-refractivity contribution is 5.72. The number of hydrogen-bond donors (Lipinski definition) is 1. The van der Waals surface area contributed by atoms with Crippen LogP contribution in [0.5, 0.6) is 0 Å². The molecule has 0 rings (SSSR count). The molecule has 0 bridgehead atoms. The van der Waals surface area contributed by atoms with E-state index in [1.807, 2.05) is 0 Å². The maximum absolute atomic E-state index is 11.0. The van der Waals surface area contributed by atoms with Crippen LogP contribution < -0.4 is 0 Å². The third kappa shape index (κ3) is 15.3. The molecule has 0 aromatic heterocycles. The lowest BCUT2D eigenvalue weighted by molar-refractivity contribution is -0.137. The average Bonchev–Trinajstić information content (AvgIpc) is 2.50. The summed E-state index contributed by atoms with van der Waals surface area (Å²) >= 11 is 0. The molecule has 0 amide bonds. The number of aliphatic carboxylic acids is 1. The standard InChI is InChI=1S/C19H34O3/c1-2-3-4-5-6-8-11-14-18(17-20)15-12-9-7-10-13-16-19(21)22/h14,17H,2-13,15-16H2,1H3,(H,21,22)/b18-14+. The first-order chi connectivity index (χ1) is 10.7. The van der Waals surface area contributed by atoms with E-state index >= 15 is 0 Å². The molecular weight excluding hydrogens is 276 g/mol. The van der Waals surface area contributed by atoms with Crippen molar-refractivity contribution in [3.8, 4) is 0 Å². The molecule has 0 aromatic carbocycles. The van der Waals surface area contributed by atoms with Crippen LogP contribution >= 0.6 is 0 Å². The normalized spacial score (nSPS) is 11.6. The van der Waals surface area contributed by atoms with Crippen LogP contribution in [0.25, 0.3) is 0 Å². The number of allylic oxidation sites excluding steroid dienone is 2. The Balaban J connectivity index is 3.50. The van der Waals surface area contributed by atoms with Crippen molar-refractivity contribution in [2.75, 3.05) is 0 Å². The first-order valence-electron chi connectivity index (χ1n) is 9.06. The third-order valence-electron chi connectivity index (χ3n) is 3.97. The molecule has 0 aliphatic carbocycles. The molecule has 0 fully saturated rings. The number of aldehydes is 1. The highest BCUT2D eigenvalue weighted by atomic mass is 16.4. The molecular formula is C19H34O3. The van der Waals surface area contributed by atoms with Crippen LogP contribution in [0.4, 0.5) is 0 Å². The van der Waals surface area contributed by atoms with Gasteiger partial charge in [-0.3, -0.25) is 9.59 Å². The topological polar surface area (TPSA) is 54.4 Å². The Morgan fingerprint density at radius 1 is 0.818 bits per heavy atom. The zero-order valence-electron chi connectivity index (χ0n) is 14.3. The fourth-order valence-electron chi connectivity index (χ4n) is 2.56. The predicted molar refractivity (Wildman–Crippen MR) is 92.1 cm³/mol. The van der Waals surface area contributed by atoms with Gasteiger partial charge < -0.3 is 5.11 Å². The SMILES string of the molecule is CCCCCCCC/C=C(/C=O)CCCCCCCC(=O)O. The maximum Gasteiger partial charge on any atom is 0.303 e. The molecule has 0 saturated heterocycles. The highest BCUT2D eigenvalue weighted by Gasteiger charge is 1.99. The lowest BCUT2D eigenvalue weighted by atomic mass is 10.0. The smallest absolute Gasteiger partial charge is 0.303 e. The Hall–Kier alpha value is -1.12. The Morgan fingerprint density at radius 3 is 1.95 bits per heavy atom. The van der Waals surface area contributed by atoms with E-state index < -0.39 is 5.97 Å². The van der Waals surface area contributed by atoms with Crippen molar-refractivity contribution in [2.45, 2.75) is 96.8 Å². The van der Waals surface area contributed by atoms with Crippen molar-refractivity contribution in [3.05, 3.63) is 11.6 Å². The van der Waals surface area contributed by atoms with Crippen molar-refractivity contribution >= 4 is 12.3 Å². The second-order valence-corrected chi connectivity index (χ2v) is 6.11. The largest absolute Gasteiger partial charge is 0.481 e. The Labute approximate surface area is 136 Å². The van der Waals surface area contributed by atoms with Gasteiger partial charge in [0.1, 0.15) is 6.29 Å². The second kappa shape index (κ2) is 16.3. The fraction of sp³-hybridized carbons (Fsp3) is 0.789. The van der Waals surface area contributed by atoms with Gasteiger partial charge in [0.25, 0.3) is 0 Å². The number of hydrogen-bond acceptors (Lipinski definition) is 2. The molecule has 0 aliphatic rings. The first-order valence-corrected chi connectivity index (χ1v) is 9.06. The lowest BCUT2D eigenvalue weighted by Gasteiger charge is -2.02. The van der Waals surface area contributed by atoms with Gasteiger partial charge in [0, 0.05) is 6.42 Å². The summed E-state index contributed by atoms with van der Waals surface area (Å²) < 4.78 is 0. The summed E-state index contributed by atoms with van der Waals surface area (Å²) in [6.07, 6.45) is 17.9. The number of carboxylic acids is 1. The number of carboxylic acid groups (broad SMARTS) is 1. The molecule has 0 radical (unpaired) electrons. The van der Waals surface area contributed by atoms with E-state index in [1.54, 1.807) is 0 Å². The van der Waals surface area contributed by atoms with E-state index in [9.17, 15) is 9.59 Å². The van der Waals surface area contributed by atoms with E-state index in [4.69, 9.17) is 5.11 Å². The van der Waals surface area contributed by atoms with Crippen LogP contribution in [0.3, 0.4) is 0 Å². The lowest BCUT2D eigenvalue weighted by Crippen LogP contribution is -1.93. The molecule has 128 valence electrons. The summed E-state index contributed by atoms with van der Waals surface area (Å²) in [6, 6.07) is 0. The molecule has 0 unspecified atom stereocenters. The maximum atomic E-state index is 11.0. The zero-order chi connectivity index (χ0) is 16.5. The van der Waals surface area contributed by atoms with Crippen LogP contribution in [0.2, 0.25) is 0 Å². The van der Waals surface area contributed by atoms with Gasteiger partial charge in [0.15, 0.2) is 0 Å². The van der Waals surface area contributed by atoms with Crippen molar-refractivity contribution in [2.24, 2.45) is 0 Å². The van der Waals surface area contributed by atoms with E-state index in [-0.39, 0.29) is 6.42 Å². The van der Waals surface area contributed by atoms with Gasteiger partial charge in [-0.05, 0) is 37.7 Å². The molecule has 3 heteroatoms. The summed E-state index contributed by atoms with van der Waals surface area (Å²) in [4.78, 5) is 21.4. The van der Waals surface area contributed by atoms with E-state index in [2.05, 4.69) is 13.0 Å². The number of carbonyl (C=O) groups excluding carboxylic acids is 1. The van der Waals surface area contributed by atoms with Crippen LogP contribution in [-0.2, 0) is 9.59 Å². The minimum absolute atomic E-state index is 0.276. The molecule has 0 saturated carbocycles. The van der Waals surface area contributed by atoms with Crippen LogP contribution in [0, 0.1) is 0 Å². The monoisotopic (exact) mass is 310 g/mol. The molecule has 0 heterocycles. The van der Waals surface area contributed by atoms with Crippen LogP contribution in [-0.4, -0.2) is 17.4 Å². The molecule has 0 spiro atoms. The summed E-state index contributed by atoms with van der Waals surface area (Å²) in [5.74, 6) is -0.708. The van der Waals surface area contributed by atoms with Crippen molar-refractivity contribution in [1.82, 2.24) is 0 Å². The zero-order valence-corrected chi connectivity index (χ0v) is 14.3. The van der Waals surface area contributed by atoms with E-state index in [0.29, 0.717) is 0 Å². The predicted octanol–water partition coefficient (Wildman–Crippen LogP) is 5.68. The molecule has 0 aromatic rings. The summed E-state index contributed by atoms with van der Waals surface area (Å²) in [6.45, 7) is 2.23. The van der Waals surface area contributed by atoms with Crippen molar-refractivity contribution in [1.29, 1.82) is 0 Å². The van der Waals surface area contributed by atoms with Crippen molar-refractivity contribution < 1.29 is 14.7 Å². The van der Waals surface area contributed by atoms with E-state index in [1.165, 1.54) is 38.5 Å². The fourth-order valence-corrected chi connectivity index (χ4v) is 2.56. The minimum atomic E-state index is -0.708. The molecule has 22 heavy (non-hydrogen) atoms. The average molecular weight is 310 g/mol. The van der Waals surface area contributed by atoms with Crippen LogP contribution in [0.15, 0.2) is 11.6 Å². The number of rotatable bonds is 16. The summed E-state index contributed by atoms with van der Waals surface area (Å²) in [7, 11) is 0. The van der Waals surface area contributed by atoms with Gasteiger partial charge in [-0.1, -0.05) is 64.4 Å². The Morgan fingerprint density at radius 2 is 1.36 bits per heavy atom. The van der Waals surface area contributed by atoms with Gasteiger partial charge >= 0.3 is 5.97 Å². The third-order valence-corrected chi connectivity index (χ3v) is 3.97. The quantitative estimate of drug-likeness (QED) is 0.227. The Kier molecular flexibility index (Phi) is 15.4. The Bertz CT molecular complexity index is 308. The van der Waals surface area contributed by atoms with Gasteiger partial charge in [-0.2, -0.15) is 0 Å². The van der Waals surface area contributed by atoms with Gasteiger partial charge in [0.2, 0.25) is 0 Å². The van der Waals surface area contributed by atoms with Gasteiger partial charge in [-0.15, -0.1) is 0 Å².